The fraction of sp³-hybridized carbons (Fsp3) is 0.385. The van der Waals surface area contributed by atoms with Gasteiger partial charge in [0.25, 0.3) is 0 Å². The number of nitrogens with zero attached hydrogens (tertiary/aromatic N) is 3. The van der Waals surface area contributed by atoms with Crippen LogP contribution in [0.25, 0.3) is 10.4 Å². The first-order valence-electron chi connectivity index (χ1n) is 6.00. The minimum Gasteiger partial charge on any atom is -0.467 e. The third-order valence-corrected chi connectivity index (χ3v) is 2.64. The van der Waals surface area contributed by atoms with Crippen molar-refractivity contribution in [3.63, 3.8) is 0 Å². The van der Waals surface area contributed by atoms with Gasteiger partial charge in [-0.1, -0.05) is 29.4 Å². The SMILES string of the molecule is COC(=O)[C@H](Cc1ccc(CN=[N+]=[N-])cc1)NC(C)=O. The molecule has 0 aliphatic rings. The molecule has 0 radical (unpaired) electrons. The highest BCUT2D eigenvalue weighted by molar-refractivity contribution is 5.83. The van der Waals surface area contributed by atoms with Crippen LogP contribution in [0.3, 0.4) is 0 Å². The van der Waals surface area contributed by atoms with E-state index in [1.807, 2.05) is 24.3 Å². The summed E-state index contributed by atoms with van der Waals surface area (Å²) in [5.41, 5.74) is 9.99. The van der Waals surface area contributed by atoms with Crippen LogP contribution in [0.15, 0.2) is 29.4 Å². The predicted octanol–water partition coefficient (Wildman–Crippen LogP) is 1.72. The maximum absolute atomic E-state index is 11.6. The van der Waals surface area contributed by atoms with Crippen molar-refractivity contribution in [2.24, 2.45) is 5.11 Å². The molecule has 0 heterocycles. The zero-order valence-electron chi connectivity index (χ0n) is 11.4. The van der Waals surface area contributed by atoms with E-state index in [9.17, 15) is 9.59 Å². The Morgan fingerprint density at radius 3 is 2.45 bits per heavy atom. The van der Waals surface area contributed by atoms with Gasteiger partial charge in [-0.3, -0.25) is 4.79 Å². The molecule has 0 saturated heterocycles. The van der Waals surface area contributed by atoms with E-state index >= 15 is 0 Å². The Hall–Kier alpha value is -2.53. The molecule has 1 amide bonds. The molecule has 7 heteroatoms. The smallest absolute Gasteiger partial charge is 0.328 e. The van der Waals surface area contributed by atoms with Crippen LogP contribution in [0.1, 0.15) is 18.1 Å². The third-order valence-electron chi connectivity index (χ3n) is 2.64. The molecule has 0 bridgehead atoms. The Balaban J connectivity index is 2.75. The summed E-state index contributed by atoms with van der Waals surface area (Å²) in [4.78, 5) is 25.3. The average Bonchev–Trinajstić information content (AvgIpc) is 2.44. The number of esters is 1. The molecular formula is C13H16N4O3. The van der Waals surface area contributed by atoms with Gasteiger partial charge in [0.05, 0.1) is 13.7 Å². The zero-order valence-corrected chi connectivity index (χ0v) is 11.4. The second kappa shape index (κ2) is 7.81. The summed E-state index contributed by atoms with van der Waals surface area (Å²) < 4.78 is 4.65. The van der Waals surface area contributed by atoms with Crippen molar-refractivity contribution >= 4 is 11.9 Å². The first kappa shape index (κ1) is 15.5. The molecule has 1 rings (SSSR count). The van der Waals surface area contributed by atoms with E-state index in [2.05, 4.69) is 20.1 Å². The Morgan fingerprint density at radius 1 is 1.35 bits per heavy atom. The van der Waals surface area contributed by atoms with E-state index in [1.165, 1.54) is 14.0 Å². The summed E-state index contributed by atoms with van der Waals surface area (Å²) in [5.74, 6) is -0.779. The predicted molar refractivity (Wildman–Crippen MR) is 72.6 cm³/mol. The molecule has 1 atom stereocenters. The van der Waals surface area contributed by atoms with E-state index in [4.69, 9.17) is 5.53 Å². The minimum atomic E-state index is -0.708. The molecule has 1 aromatic rings. The highest BCUT2D eigenvalue weighted by atomic mass is 16.5. The van der Waals surface area contributed by atoms with Crippen molar-refractivity contribution < 1.29 is 14.3 Å². The van der Waals surface area contributed by atoms with Gasteiger partial charge in [-0.2, -0.15) is 0 Å². The van der Waals surface area contributed by atoms with Gasteiger partial charge in [0.15, 0.2) is 0 Å². The third kappa shape index (κ3) is 4.99. The average molecular weight is 276 g/mol. The van der Waals surface area contributed by atoms with Crippen molar-refractivity contribution in [3.8, 4) is 0 Å². The van der Waals surface area contributed by atoms with E-state index in [0.29, 0.717) is 6.42 Å². The molecule has 0 spiro atoms. The Labute approximate surface area is 116 Å². The van der Waals surface area contributed by atoms with Crippen LogP contribution < -0.4 is 5.32 Å². The monoisotopic (exact) mass is 276 g/mol. The lowest BCUT2D eigenvalue weighted by Gasteiger charge is -2.15. The summed E-state index contributed by atoms with van der Waals surface area (Å²) >= 11 is 0. The van der Waals surface area contributed by atoms with Crippen LogP contribution >= 0.6 is 0 Å². The topological polar surface area (TPSA) is 104 Å². The first-order valence-corrected chi connectivity index (χ1v) is 6.00. The van der Waals surface area contributed by atoms with Crippen LogP contribution in [0.5, 0.6) is 0 Å². The number of benzene rings is 1. The molecule has 0 aliphatic heterocycles. The molecular weight excluding hydrogens is 260 g/mol. The number of methoxy groups -OCH3 is 1. The zero-order chi connectivity index (χ0) is 15.0. The number of hydrogen-bond acceptors (Lipinski definition) is 4. The maximum atomic E-state index is 11.6. The second-order valence-electron chi connectivity index (χ2n) is 4.19. The Bertz CT molecular complexity index is 521. The molecule has 0 unspecified atom stereocenters. The van der Waals surface area contributed by atoms with Gasteiger partial charge in [-0.05, 0) is 16.7 Å². The lowest BCUT2D eigenvalue weighted by Crippen LogP contribution is -2.41. The van der Waals surface area contributed by atoms with Crippen molar-refractivity contribution in [2.75, 3.05) is 7.11 Å². The van der Waals surface area contributed by atoms with Crippen LogP contribution in [0.2, 0.25) is 0 Å². The standard InChI is InChI=1S/C13H16N4O3/c1-9(18)16-12(13(19)20-2)7-10-3-5-11(6-4-10)8-15-17-14/h3-6,12H,7-8H2,1-2H3,(H,16,18)/t12-/m0/s1. The van der Waals surface area contributed by atoms with Crippen LogP contribution in [0, 0.1) is 0 Å². The lowest BCUT2D eigenvalue weighted by atomic mass is 10.0. The normalized spacial score (nSPS) is 11.1. The highest BCUT2D eigenvalue weighted by Crippen LogP contribution is 2.09. The number of carbonyl (C=O) groups is 2. The number of amides is 1. The van der Waals surface area contributed by atoms with E-state index in [0.717, 1.165) is 11.1 Å². The quantitative estimate of drug-likeness (QED) is 0.370. The van der Waals surface area contributed by atoms with Gasteiger partial charge in [-0.25, -0.2) is 4.79 Å². The second-order valence-corrected chi connectivity index (χ2v) is 4.19. The number of hydrogen-bond donors (Lipinski definition) is 1. The van der Waals surface area contributed by atoms with E-state index < -0.39 is 12.0 Å². The minimum absolute atomic E-state index is 0.281. The van der Waals surface area contributed by atoms with Crippen LogP contribution in [-0.2, 0) is 27.3 Å². The van der Waals surface area contributed by atoms with Crippen LogP contribution in [-0.4, -0.2) is 25.0 Å². The summed E-state index contributed by atoms with van der Waals surface area (Å²) in [7, 11) is 1.28. The van der Waals surface area contributed by atoms with Gasteiger partial charge in [0.1, 0.15) is 6.04 Å². The lowest BCUT2D eigenvalue weighted by molar-refractivity contribution is -0.144. The molecule has 0 saturated carbocycles. The summed E-state index contributed by atoms with van der Waals surface area (Å²) in [5, 5.41) is 6.01. The molecule has 1 N–H and O–H groups in total. The number of nitrogens with one attached hydrogen (secondary N) is 1. The van der Waals surface area contributed by atoms with Gasteiger partial charge < -0.3 is 10.1 Å². The van der Waals surface area contributed by atoms with E-state index in [-0.39, 0.29) is 12.5 Å². The number of rotatable bonds is 6. The molecule has 0 aliphatic carbocycles. The van der Waals surface area contributed by atoms with Crippen molar-refractivity contribution in [3.05, 3.63) is 45.8 Å². The van der Waals surface area contributed by atoms with E-state index in [1.54, 1.807) is 0 Å². The summed E-state index contributed by atoms with van der Waals surface area (Å²) in [6.45, 7) is 1.63. The number of ether oxygens (including phenoxy) is 1. The van der Waals surface area contributed by atoms with Crippen LogP contribution in [0.4, 0.5) is 0 Å². The molecule has 0 fully saturated rings. The highest BCUT2D eigenvalue weighted by Gasteiger charge is 2.20. The Kier molecular flexibility index (Phi) is 6.06. The van der Waals surface area contributed by atoms with Gasteiger partial charge in [0.2, 0.25) is 5.91 Å². The first-order chi connectivity index (χ1) is 9.56. The molecule has 0 aromatic heterocycles. The molecule has 7 nitrogen and oxygen atoms in total. The van der Waals surface area contributed by atoms with Gasteiger partial charge in [0, 0.05) is 18.3 Å². The van der Waals surface area contributed by atoms with Crippen molar-refractivity contribution in [1.82, 2.24) is 5.32 Å². The Morgan fingerprint density at radius 2 is 1.95 bits per heavy atom. The largest absolute Gasteiger partial charge is 0.467 e. The number of carbonyl (C=O) groups excluding carboxylic acids is 2. The summed E-state index contributed by atoms with van der Waals surface area (Å²) in [6, 6.07) is 6.55. The summed E-state index contributed by atoms with van der Waals surface area (Å²) in [6.07, 6.45) is 0.341. The van der Waals surface area contributed by atoms with Crippen molar-refractivity contribution in [2.45, 2.75) is 25.9 Å². The van der Waals surface area contributed by atoms with Gasteiger partial charge in [-0.15, -0.1) is 0 Å². The molecule has 20 heavy (non-hydrogen) atoms. The fourth-order valence-electron chi connectivity index (χ4n) is 1.71. The van der Waals surface area contributed by atoms with Crippen molar-refractivity contribution in [1.29, 1.82) is 0 Å². The van der Waals surface area contributed by atoms with Gasteiger partial charge >= 0.3 is 5.97 Å². The maximum Gasteiger partial charge on any atom is 0.328 e. The molecule has 1 aromatic carbocycles. The molecule has 106 valence electrons. The number of azide groups is 1. The fourth-order valence-corrected chi connectivity index (χ4v) is 1.71.